The lowest BCUT2D eigenvalue weighted by atomic mass is 9.96. The third kappa shape index (κ3) is 7.52. The van der Waals surface area contributed by atoms with Gasteiger partial charge in [0.15, 0.2) is 0 Å². The van der Waals surface area contributed by atoms with Crippen molar-refractivity contribution in [2.75, 3.05) is 62.4 Å². The predicted octanol–water partition coefficient (Wildman–Crippen LogP) is 6.81. The molecule has 5 rings (SSSR count). The van der Waals surface area contributed by atoms with Crippen LogP contribution in [0.5, 0.6) is 0 Å². The van der Waals surface area contributed by atoms with E-state index in [1.165, 1.54) is 0 Å². The topological polar surface area (TPSA) is 24.9 Å². The van der Waals surface area contributed by atoms with Gasteiger partial charge in [-0.15, -0.1) is 0 Å². The van der Waals surface area contributed by atoms with Crippen LogP contribution in [-0.2, 0) is 15.9 Å². The molecule has 0 N–H and O–H groups in total. The first-order valence-corrected chi connectivity index (χ1v) is 13.3. The Morgan fingerprint density at radius 2 is 1.00 bits per heavy atom. The molecule has 3 aromatic rings. The molecule has 2 saturated heterocycles. The summed E-state index contributed by atoms with van der Waals surface area (Å²) in [5.41, 5.74) is 5.52. The molecule has 0 unspecified atom stereocenters. The number of rotatable bonds is 7. The lowest BCUT2D eigenvalue weighted by Gasteiger charge is -2.28. The maximum absolute atomic E-state index is 13.6. The second kappa shape index (κ2) is 12.5. The van der Waals surface area contributed by atoms with E-state index in [1.54, 1.807) is 24.3 Å². The van der Waals surface area contributed by atoms with Gasteiger partial charge < -0.3 is 19.3 Å². The minimum absolute atomic E-state index is 0.271. The molecule has 0 radical (unpaired) electrons. The Morgan fingerprint density at radius 1 is 0.590 bits per heavy atom. The molecule has 0 spiro atoms. The van der Waals surface area contributed by atoms with E-state index in [1.807, 2.05) is 66.7 Å². The third-order valence-corrected chi connectivity index (χ3v) is 7.08. The summed E-state index contributed by atoms with van der Waals surface area (Å²) in [5, 5.41) is 0. The summed E-state index contributed by atoms with van der Waals surface area (Å²) in [7, 11) is 0. The third-order valence-electron chi connectivity index (χ3n) is 7.08. The molecule has 3 aromatic carbocycles. The van der Waals surface area contributed by atoms with Gasteiger partial charge in [0.25, 0.3) is 0 Å². The second-order valence-electron chi connectivity index (χ2n) is 9.76. The van der Waals surface area contributed by atoms with Crippen molar-refractivity contribution in [1.82, 2.24) is 0 Å². The van der Waals surface area contributed by atoms with E-state index < -0.39 is 12.6 Å². The first-order chi connectivity index (χ1) is 18.9. The van der Waals surface area contributed by atoms with Gasteiger partial charge in [-0.05, 0) is 52.1 Å². The van der Waals surface area contributed by atoms with Gasteiger partial charge in [0.2, 0.25) is 0 Å². The van der Waals surface area contributed by atoms with Crippen LogP contribution >= 0.6 is 0 Å². The lowest BCUT2D eigenvalue weighted by Crippen LogP contribution is -2.36. The Balaban J connectivity index is 1.34. The first kappa shape index (κ1) is 27.0. The van der Waals surface area contributed by atoms with Gasteiger partial charge in [0.05, 0.1) is 32.8 Å². The molecule has 0 bridgehead atoms. The van der Waals surface area contributed by atoms with Gasteiger partial charge >= 0.3 is 6.18 Å². The smallest absolute Gasteiger partial charge is 0.378 e. The predicted molar refractivity (Wildman–Crippen MR) is 153 cm³/mol. The Kier molecular flexibility index (Phi) is 8.69. The monoisotopic (exact) mass is 534 g/mol. The maximum Gasteiger partial charge on any atom is 0.393 e. The summed E-state index contributed by atoms with van der Waals surface area (Å²) in [4.78, 5) is 4.54. The SMILES string of the molecule is FC(F)(F)Cc1c(/C=C/c2ccc(N3CCOCC3)cc2)cccc1/C=C/c1ccc(N2CCOCC2)cc1. The number of hydrogen-bond acceptors (Lipinski definition) is 4. The summed E-state index contributed by atoms with van der Waals surface area (Å²) in [6.45, 7) is 6.29. The average molecular weight is 535 g/mol. The molecule has 0 atom stereocenters. The number of alkyl halides is 3. The highest BCUT2D eigenvalue weighted by Gasteiger charge is 2.29. The maximum atomic E-state index is 13.6. The van der Waals surface area contributed by atoms with E-state index in [-0.39, 0.29) is 5.56 Å². The van der Waals surface area contributed by atoms with Crippen molar-refractivity contribution in [3.63, 3.8) is 0 Å². The minimum atomic E-state index is -4.31. The lowest BCUT2D eigenvalue weighted by molar-refractivity contribution is -0.127. The zero-order valence-corrected chi connectivity index (χ0v) is 21.9. The van der Waals surface area contributed by atoms with Crippen molar-refractivity contribution < 1.29 is 22.6 Å². The summed E-state index contributed by atoms with van der Waals surface area (Å²) < 4.78 is 51.6. The normalized spacial score (nSPS) is 16.9. The number of morpholine rings is 2. The summed E-state index contributed by atoms with van der Waals surface area (Å²) in [6, 6.07) is 21.5. The largest absolute Gasteiger partial charge is 0.393 e. The van der Waals surface area contributed by atoms with E-state index in [2.05, 4.69) is 9.80 Å². The molecule has 2 fully saturated rings. The fourth-order valence-corrected chi connectivity index (χ4v) is 4.95. The van der Waals surface area contributed by atoms with Gasteiger partial charge in [0, 0.05) is 37.6 Å². The number of ether oxygens (including phenoxy) is 2. The molecule has 0 saturated carbocycles. The Morgan fingerprint density at radius 3 is 1.38 bits per heavy atom. The highest BCUT2D eigenvalue weighted by molar-refractivity contribution is 5.78. The van der Waals surface area contributed by atoms with Crippen LogP contribution in [0.1, 0.15) is 27.8 Å². The van der Waals surface area contributed by atoms with Gasteiger partial charge in [0.1, 0.15) is 0 Å². The highest BCUT2D eigenvalue weighted by Crippen LogP contribution is 2.29. The van der Waals surface area contributed by atoms with E-state index in [4.69, 9.17) is 9.47 Å². The zero-order valence-electron chi connectivity index (χ0n) is 21.9. The Labute approximate surface area is 228 Å². The van der Waals surface area contributed by atoms with Crippen LogP contribution in [0.15, 0.2) is 66.7 Å². The number of benzene rings is 3. The van der Waals surface area contributed by atoms with Crippen LogP contribution in [-0.4, -0.2) is 58.8 Å². The second-order valence-corrected chi connectivity index (χ2v) is 9.76. The van der Waals surface area contributed by atoms with Crippen molar-refractivity contribution in [2.45, 2.75) is 12.6 Å². The van der Waals surface area contributed by atoms with Crippen LogP contribution in [0, 0.1) is 0 Å². The Bertz CT molecular complexity index is 1180. The molecular weight excluding hydrogens is 501 g/mol. The number of hydrogen-bond donors (Lipinski definition) is 0. The van der Waals surface area contributed by atoms with Gasteiger partial charge in [-0.3, -0.25) is 0 Å². The molecule has 2 aliphatic heterocycles. The van der Waals surface area contributed by atoms with E-state index in [0.717, 1.165) is 48.7 Å². The van der Waals surface area contributed by atoms with E-state index >= 15 is 0 Å². The molecule has 4 nitrogen and oxygen atoms in total. The molecule has 7 heteroatoms. The molecular formula is C32H33F3N2O2. The number of anilines is 2. The van der Waals surface area contributed by atoms with Gasteiger partial charge in [-0.1, -0.05) is 66.8 Å². The van der Waals surface area contributed by atoms with Crippen molar-refractivity contribution in [1.29, 1.82) is 0 Å². The van der Waals surface area contributed by atoms with E-state index in [9.17, 15) is 13.2 Å². The summed E-state index contributed by atoms with van der Waals surface area (Å²) >= 11 is 0. The summed E-state index contributed by atoms with van der Waals surface area (Å²) in [6.07, 6.45) is 2.00. The standard InChI is InChI=1S/C32H33F3N2O2/c33-32(34,35)24-31-27(10-4-25-6-12-29(13-7-25)36-16-20-38-21-17-36)2-1-3-28(31)11-5-26-8-14-30(15-9-26)37-18-22-39-23-19-37/h1-15H,16-24H2/b10-4+,11-5+. The molecule has 0 aliphatic carbocycles. The van der Waals surface area contributed by atoms with Crippen molar-refractivity contribution in [3.05, 3.63) is 94.5 Å². The quantitative estimate of drug-likeness (QED) is 0.311. The highest BCUT2D eigenvalue weighted by atomic mass is 19.4. The molecule has 2 aliphatic rings. The van der Waals surface area contributed by atoms with Crippen LogP contribution in [0.3, 0.4) is 0 Å². The fraction of sp³-hybridized carbons (Fsp3) is 0.312. The van der Waals surface area contributed by atoms with Gasteiger partial charge in [-0.2, -0.15) is 13.2 Å². The van der Waals surface area contributed by atoms with Gasteiger partial charge in [-0.25, -0.2) is 0 Å². The van der Waals surface area contributed by atoms with Crippen molar-refractivity contribution in [3.8, 4) is 0 Å². The zero-order chi connectivity index (χ0) is 27.1. The fourth-order valence-electron chi connectivity index (χ4n) is 4.95. The average Bonchev–Trinajstić information content (AvgIpc) is 2.96. The van der Waals surface area contributed by atoms with Crippen LogP contribution in [0.4, 0.5) is 24.5 Å². The van der Waals surface area contributed by atoms with Crippen LogP contribution in [0.25, 0.3) is 24.3 Å². The molecule has 204 valence electrons. The summed E-state index contributed by atoms with van der Waals surface area (Å²) in [5.74, 6) is 0. The van der Waals surface area contributed by atoms with E-state index in [0.29, 0.717) is 37.6 Å². The molecule has 2 heterocycles. The van der Waals surface area contributed by atoms with Crippen LogP contribution < -0.4 is 9.80 Å². The molecule has 39 heavy (non-hydrogen) atoms. The first-order valence-electron chi connectivity index (χ1n) is 13.3. The molecule has 0 amide bonds. The molecule has 0 aromatic heterocycles. The van der Waals surface area contributed by atoms with Crippen molar-refractivity contribution >= 4 is 35.7 Å². The number of halogens is 3. The minimum Gasteiger partial charge on any atom is -0.378 e. The Hall–Kier alpha value is -3.55. The number of nitrogens with zero attached hydrogens (tertiary/aromatic N) is 2. The van der Waals surface area contributed by atoms with Crippen molar-refractivity contribution in [2.24, 2.45) is 0 Å². The van der Waals surface area contributed by atoms with Crippen LogP contribution in [0.2, 0.25) is 0 Å².